The fraction of sp³-hybridized carbons (Fsp3) is 0.625. The van der Waals surface area contributed by atoms with Gasteiger partial charge >= 0.3 is 6.18 Å². The van der Waals surface area contributed by atoms with Gasteiger partial charge in [-0.1, -0.05) is 13.0 Å². The lowest BCUT2D eigenvalue weighted by Crippen LogP contribution is -2.61. The first-order valence-electron chi connectivity index (χ1n) is 7.59. The molecule has 6 heteroatoms. The molecule has 2 aliphatic rings. The third kappa shape index (κ3) is 3.22. The van der Waals surface area contributed by atoms with Crippen molar-refractivity contribution in [3.8, 4) is 5.75 Å². The Bertz CT molecular complexity index is 504. The molecule has 0 spiro atoms. The molecule has 0 aliphatic carbocycles. The number of hydrogen-bond acceptors (Lipinski definition) is 3. The van der Waals surface area contributed by atoms with Gasteiger partial charge in [-0.2, -0.15) is 13.2 Å². The predicted octanol–water partition coefficient (Wildman–Crippen LogP) is 3.27. The highest BCUT2D eigenvalue weighted by molar-refractivity contribution is 5.30. The minimum absolute atomic E-state index is 0.129. The lowest BCUT2D eigenvalue weighted by atomic mass is 9.87. The van der Waals surface area contributed by atoms with Crippen LogP contribution in [0.3, 0.4) is 0 Å². The van der Waals surface area contributed by atoms with Crippen molar-refractivity contribution in [3.05, 3.63) is 29.8 Å². The summed E-state index contributed by atoms with van der Waals surface area (Å²) in [7, 11) is 2.07. The smallest absolute Gasteiger partial charge is 0.416 e. The van der Waals surface area contributed by atoms with Crippen LogP contribution in [0.2, 0.25) is 0 Å². The second kappa shape index (κ2) is 5.74. The zero-order valence-corrected chi connectivity index (χ0v) is 12.8. The van der Waals surface area contributed by atoms with E-state index >= 15 is 0 Å². The lowest BCUT2D eigenvalue weighted by Gasteiger charge is -2.50. The van der Waals surface area contributed by atoms with Gasteiger partial charge in [0.1, 0.15) is 5.75 Å². The van der Waals surface area contributed by atoms with Crippen LogP contribution in [0.1, 0.15) is 18.9 Å². The van der Waals surface area contributed by atoms with Crippen LogP contribution in [0.25, 0.3) is 0 Å². The summed E-state index contributed by atoms with van der Waals surface area (Å²) >= 11 is 0. The second-order valence-electron chi connectivity index (χ2n) is 6.59. The van der Waals surface area contributed by atoms with Crippen molar-refractivity contribution < 1.29 is 17.9 Å². The van der Waals surface area contributed by atoms with Gasteiger partial charge in [0.15, 0.2) is 6.23 Å². The van der Waals surface area contributed by atoms with E-state index in [1.807, 2.05) is 0 Å². The third-order valence-electron chi connectivity index (χ3n) is 4.40. The van der Waals surface area contributed by atoms with E-state index < -0.39 is 11.7 Å². The molecule has 4 atom stereocenters. The molecule has 2 fully saturated rings. The van der Waals surface area contributed by atoms with Crippen LogP contribution >= 0.6 is 0 Å². The number of hydrogen-bond donors (Lipinski definition) is 0. The molecule has 0 N–H and O–H groups in total. The molecule has 2 bridgehead atoms. The Labute approximate surface area is 128 Å². The molecule has 2 saturated heterocycles. The number of ether oxygens (including phenoxy) is 1. The van der Waals surface area contributed by atoms with Gasteiger partial charge < -0.3 is 4.74 Å². The summed E-state index contributed by atoms with van der Waals surface area (Å²) in [4.78, 5) is 4.46. The zero-order chi connectivity index (χ0) is 15.9. The van der Waals surface area contributed by atoms with Gasteiger partial charge in [-0.15, -0.1) is 0 Å². The number of nitrogens with zero attached hydrogens (tertiary/aromatic N) is 2. The maximum Gasteiger partial charge on any atom is 0.416 e. The Morgan fingerprint density at radius 1 is 1.23 bits per heavy atom. The molecular formula is C16H21F3N2O. The van der Waals surface area contributed by atoms with Crippen LogP contribution in [-0.4, -0.2) is 42.8 Å². The van der Waals surface area contributed by atoms with Crippen molar-refractivity contribution in [3.63, 3.8) is 0 Å². The van der Waals surface area contributed by atoms with Gasteiger partial charge in [0.05, 0.1) is 12.2 Å². The molecule has 2 aliphatic heterocycles. The summed E-state index contributed by atoms with van der Waals surface area (Å²) < 4.78 is 44.4. The van der Waals surface area contributed by atoms with Crippen LogP contribution in [0.4, 0.5) is 13.2 Å². The van der Waals surface area contributed by atoms with Crippen LogP contribution in [0.15, 0.2) is 24.3 Å². The van der Waals surface area contributed by atoms with E-state index in [9.17, 15) is 13.2 Å². The molecule has 1 aromatic rings. The Balaban J connectivity index is 1.78. The monoisotopic (exact) mass is 314 g/mol. The lowest BCUT2D eigenvalue weighted by molar-refractivity contribution is -0.138. The number of benzene rings is 1. The standard InChI is InChI=1S/C16H21F3N2O/c1-11-6-12-9-20(2)10-21(8-11)15(12)22-14-5-3-4-13(7-14)16(17,18)19/h3-5,7,11-12,15H,6,8-10H2,1-2H3. The van der Waals surface area contributed by atoms with Crippen LogP contribution in [0.5, 0.6) is 5.75 Å². The molecule has 0 saturated carbocycles. The summed E-state index contributed by atoms with van der Waals surface area (Å²) in [5.41, 5.74) is -0.661. The van der Waals surface area contributed by atoms with Crippen LogP contribution in [-0.2, 0) is 6.18 Å². The van der Waals surface area contributed by atoms with Crippen molar-refractivity contribution in [2.24, 2.45) is 11.8 Å². The molecule has 3 rings (SSSR count). The quantitative estimate of drug-likeness (QED) is 0.833. The normalized spacial score (nSPS) is 32.8. The number of piperidine rings is 1. The molecular weight excluding hydrogens is 293 g/mol. The maximum absolute atomic E-state index is 12.8. The van der Waals surface area contributed by atoms with E-state index in [-0.39, 0.29) is 6.23 Å². The van der Waals surface area contributed by atoms with Gasteiger partial charge in [0, 0.05) is 19.0 Å². The number of fused-ring (bicyclic) bond motifs is 2. The highest BCUT2D eigenvalue weighted by Crippen LogP contribution is 2.35. The van der Waals surface area contributed by atoms with Gasteiger partial charge in [-0.05, 0) is 37.6 Å². The molecule has 3 nitrogen and oxygen atoms in total. The zero-order valence-electron chi connectivity index (χ0n) is 12.8. The van der Waals surface area contributed by atoms with E-state index in [2.05, 4.69) is 23.8 Å². The van der Waals surface area contributed by atoms with Crippen LogP contribution in [0, 0.1) is 11.8 Å². The average molecular weight is 314 g/mol. The van der Waals surface area contributed by atoms with Gasteiger partial charge in [0.2, 0.25) is 0 Å². The van der Waals surface area contributed by atoms with E-state index in [4.69, 9.17) is 4.74 Å². The van der Waals surface area contributed by atoms with Crippen molar-refractivity contribution in [1.29, 1.82) is 0 Å². The highest BCUT2D eigenvalue weighted by atomic mass is 19.4. The van der Waals surface area contributed by atoms with E-state index in [0.29, 0.717) is 17.6 Å². The minimum Gasteiger partial charge on any atom is -0.475 e. The minimum atomic E-state index is -4.34. The molecule has 2 heterocycles. The summed E-state index contributed by atoms with van der Waals surface area (Å²) in [5, 5.41) is 0. The summed E-state index contributed by atoms with van der Waals surface area (Å²) in [6, 6.07) is 5.18. The van der Waals surface area contributed by atoms with Crippen molar-refractivity contribution in [2.45, 2.75) is 25.7 Å². The number of halogens is 3. The van der Waals surface area contributed by atoms with Gasteiger partial charge in [-0.3, -0.25) is 9.80 Å². The Morgan fingerprint density at radius 3 is 2.68 bits per heavy atom. The first kappa shape index (κ1) is 15.6. The first-order chi connectivity index (χ1) is 10.3. The number of rotatable bonds is 2. The van der Waals surface area contributed by atoms with Gasteiger partial charge in [0.25, 0.3) is 0 Å². The van der Waals surface area contributed by atoms with Crippen molar-refractivity contribution in [1.82, 2.24) is 9.80 Å². The summed E-state index contributed by atoms with van der Waals surface area (Å²) in [5.74, 6) is 1.23. The highest BCUT2D eigenvalue weighted by Gasteiger charge is 2.41. The third-order valence-corrected chi connectivity index (χ3v) is 4.40. The van der Waals surface area contributed by atoms with Crippen molar-refractivity contribution >= 4 is 0 Å². The first-order valence-corrected chi connectivity index (χ1v) is 7.59. The average Bonchev–Trinajstić information content (AvgIpc) is 2.40. The molecule has 0 aromatic heterocycles. The van der Waals surface area contributed by atoms with Gasteiger partial charge in [-0.25, -0.2) is 0 Å². The Morgan fingerprint density at radius 2 is 2.00 bits per heavy atom. The fourth-order valence-electron chi connectivity index (χ4n) is 3.64. The van der Waals surface area contributed by atoms with E-state index in [1.165, 1.54) is 6.07 Å². The SMILES string of the molecule is CC1CC2CN(C)CN(C1)C2Oc1cccc(C(F)(F)F)c1. The molecule has 1 aromatic carbocycles. The summed E-state index contributed by atoms with van der Waals surface area (Å²) in [6.45, 7) is 4.85. The molecule has 122 valence electrons. The Kier molecular flexibility index (Phi) is 4.07. The molecule has 0 radical (unpaired) electrons. The van der Waals surface area contributed by atoms with Crippen molar-refractivity contribution in [2.75, 3.05) is 26.8 Å². The second-order valence-corrected chi connectivity index (χ2v) is 6.59. The molecule has 4 unspecified atom stereocenters. The van der Waals surface area contributed by atoms with E-state index in [1.54, 1.807) is 6.07 Å². The fourth-order valence-corrected chi connectivity index (χ4v) is 3.64. The maximum atomic E-state index is 12.8. The molecule has 22 heavy (non-hydrogen) atoms. The largest absolute Gasteiger partial charge is 0.475 e. The summed E-state index contributed by atoms with van der Waals surface area (Å²) in [6.07, 6.45) is -3.42. The molecule has 0 amide bonds. The Hall–Kier alpha value is -1.27. The van der Waals surface area contributed by atoms with Crippen LogP contribution < -0.4 is 4.74 Å². The van der Waals surface area contributed by atoms with E-state index in [0.717, 1.165) is 38.3 Å². The predicted molar refractivity (Wildman–Crippen MR) is 77.3 cm³/mol. The number of alkyl halides is 3. The topological polar surface area (TPSA) is 15.7 Å².